The van der Waals surface area contributed by atoms with Crippen molar-refractivity contribution >= 4 is 35.1 Å². The number of carbonyl (C=O) groups is 3. The van der Waals surface area contributed by atoms with Crippen LogP contribution < -0.4 is 10.6 Å². The number of urea groups is 1. The third-order valence-electron chi connectivity index (χ3n) is 4.84. The van der Waals surface area contributed by atoms with Gasteiger partial charge in [-0.2, -0.15) is 0 Å². The highest BCUT2D eigenvalue weighted by Gasteiger charge is 2.27. The number of benzene rings is 2. The predicted molar refractivity (Wildman–Crippen MR) is 117 cm³/mol. The van der Waals surface area contributed by atoms with Crippen LogP contribution in [0.4, 0.5) is 14.9 Å². The van der Waals surface area contributed by atoms with Gasteiger partial charge in [-0.1, -0.05) is 23.7 Å². The summed E-state index contributed by atoms with van der Waals surface area (Å²) in [6.07, 6.45) is 0. The minimum Gasteiger partial charge on any atom is -0.336 e. The predicted octanol–water partition coefficient (Wildman–Crippen LogP) is 3.61. The molecule has 0 saturated carbocycles. The van der Waals surface area contributed by atoms with Gasteiger partial charge in [-0.15, -0.1) is 0 Å². The molecule has 1 aliphatic heterocycles. The first-order valence-electron chi connectivity index (χ1n) is 9.96. The maximum atomic E-state index is 13.2. The smallest absolute Gasteiger partial charge is 0.319 e. The van der Waals surface area contributed by atoms with E-state index in [4.69, 9.17) is 11.6 Å². The molecule has 0 radical (unpaired) electrons. The molecule has 1 fully saturated rings. The molecule has 0 atom stereocenters. The quantitative estimate of drug-likeness (QED) is 0.752. The molecule has 31 heavy (non-hydrogen) atoms. The Hall–Kier alpha value is -3.13. The lowest BCUT2D eigenvalue weighted by atomic mass is 10.1. The minimum absolute atomic E-state index is 0.0388. The van der Waals surface area contributed by atoms with E-state index < -0.39 is 5.82 Å². The van der Waals surface area contributed by atoms with Gasteiger partial charge >= 0.3 is 6.03 Å². The van der Waals surface area contributed by atoms with Crippen LogP contribution in [-0.2, 0) is 0 Å². The summed E-state index contributed by atoms with van der Waals surface area (Å²) in [5, 5.41) is 5.50. The first-order valence-corrected chi connectivity index (χ1v) is 10.3. The van der Waals surface area contributed by atoms with Crippen molar-refractivity contribution in [3.8, 4) is 0 Å². The second kappa shape index (κ2) is 9.78. The van der Waals surface area contributed by atoms with Gasteiger partial charge < -0.3 is 20.4 Å². The summed E-state index contributed by atoms with van der Waals surface area (Å²) < 4.78 is 13.2. The van der Waals surface area contributed by atoms with E-state index in [0.717, 1.165) is 6.07 Å². The maximum absolute atomic E-state index is 13.2. The highest BCUT2D eigenvalue weighted by Crippen LogP contribution is 2.22. The molecule has 0 aromatic heterocycles. The summed E-state index contributed by atoms with van der Waals surface area (Å²) in [5.41, 5.74) is 1.03. The number of nitrogens with one attached hydrogen (secondary N) is 2. The lowest BCUT2D eigenvalue weighted by molar-refractivity contribution is 0.0536. The SMILES string of the molecule is CC(C)NC(=O)Nc1ccccc1C(=O)N1CCN(C(=O)c2ccc(F)cc2Cl)CC1. The Morgan fingerprint density at radius 3 is 2.10 bits per heavy atom. The highest BCUT2D eigenvalue weighted by molar-refractivity contribution is 6.33. The fraction of sp³-hybridized carbons (Fsp3) is 0.318. The summed E-state index contributed by atoms with van der Waals surface area (Å²) in [7, 11) is 0. The van der Waals surface area contributed by atoms with Crippen molar-refractivity contribution < 1.29 is 18.8 Å². The van der Waals surface area contributed by atoms with Crippen molar-refractivity contribution in [3.05, 3.63) is 64.4 Å². The van der Waals surface area contributed by atoms with Gasteiger partial charge in [0.2, 0.25) is 0 Å². The zero-order valence-corrected chi connectivity index (χ0v) is 18.1. The first-order chi connectivity index (χ1) is 14.8. The van der Waals surface area contributed by atoms with Crippen molar-refractivity contribution in [3.63, 3.8) is 0 Å². The van der Waals surface area contributed by atoms with Crippen LogP contribution in [0, 0.1) is 5.82 Å². The molecule has 3 rings (SSSR count). The normalized spacial score (nSPS) is 13.8. The molecule has 1 aliphatic rings. The van der Waals surface area contributed by atoms with Crippen molar-refractivity contribution in [1.82, 2.24) is 15.1 Å². The lowest BCUT2D eigenvalue weighted by Gasteiger charge is -2.35. The van der Waals surface area contributed by atoms with E-state index in [1.807, 2.05) is 13.8 Å². The summed E-state index contributed by atoms with van der Waals surface area (Å²) in [6.45, 7) is 4.99. The van der Waals surface area contributed by atoms with E-state index in [-0.39, 0.29) is 34.5 Å². The van der Waals surface area contributed by atoms with E-state index in [9.17, 15) is 18.8 Å². The van der Waals surface area contributed by atoms with Gasteiger partial charge in [0.15, 0.2) is 0 Å². The van der Waals surface area contributed by atoms with Crippen LogP contribution in [0.3, 0.4) is 0 Å². The van der Waals surface area contributed by atoms with Gasteiger partial charge in [0.1, 0.15) is 5.82 Å². The fourth-order valence-electron chi connectivity index (χ4n) is 3.32. The van der Waals surface area contributed by atoms with E-state index in [1.54, 1.807) is 34.1 Å². The minimum atomic E-state index is -0.508. The molecule has 2 N–H and O–H groups in total. The van der Waals surface area contributed by atoms with Crippen LogP contribution in [0.25, 0.3) is 0 Å². The van der Waals surface area contributed by atoms with Crippen LogP contribution in [0.1, 0.15) is 34.6 Å². The topological polar surface area (TPSA) is 81.8 Å². The van der Waals surface area contributed by atoms with Crippen LogP contribution in [-0.4, -0.2) is 59.9 Å². The second-order valence-electron chi connectivity index (χ2n) is 7.51. The Kier molecular flexibility index (Phi) is 7.12. The Balaban J connectivity index is 1.65. The lowest BCUT2D eigenvalue weighted by Crippen LogP contribution is -2.50. The van der Waals surface area contributed by atoms with Crippen molar-refractivity contribution in [2.75, 3.05) is 31.5 Å². The summed E-state index contributed by atoms with van der Waals surface area (Å²) >= 11 is 6.00. The summed E-state index contributed by atoms with van der Waals surface area (Å²) in [6, 6.07) is 10.0. The molecule has 4 amide bonds. The maximum Gasteiger partial charge on any atom is 0.319 e. The van der Waals surface area contributed by atoms with Crippen LogP contribution in [0.15, 0.2) is 42.5 Å². The van der Waals surface area contributed by atoms with Crippen LogP contribution >= 0.6 is 11.6 Å². The van der Waals surface area contributed by atoms with E-state index in [1.165, 1.54) is 12.1 Å². The number of hydrogen-bond acceptors (Lipinski definition) is 3. The number of amides is 4. The summed E-state index contributed by atoms with van der Waals surface area (Å²) in [5.74, 6) is -1.04. The van der Waals surface area contributed by atoms with Gasteiger partial charge in [-0.25, -0.2) is 9.18 Å². The number of hydrogen-bond donors (Lipinski definition) is 2. The van der Waals surface area contributed by atoms with Crippen molar-refractivity contribution in [2.24, 2.45) is 0 Å². The molecule has 0 aliphatic carbocycles. The van der Waals surface area contributed by atoms with Gasteiger partial charge in [-0.3, -0.25) is 9.59 Å². The third-order valence-corrected chi connectivity index (χ3v) is 5.15. The molecule has 0 bridgehead atoms. The molecular weight excluding hydrogens is 423 g/mol. The number of rotatable bonds is 4. The zero-order valence-electron chi connectivity index (χ0n) is 17.3. The molecule has 1 heterocycles. The average Bonchev–Trinajstić information content (AvgIpc) is 2.73. The Morgan fingerprint density at radius 1 is 0.935 bits per heavy atom. The van der Waals surface area contributed by atoms with Gasteiger partial charge in [0.05, 0.1) is 21.8 Å². The molecule has 0 unspecified atom stereocenters. The highest BCUT2D eigenvalue weighted by atomic mass is 35.5. The molecule has 2 aromatic rings. The third kappa shape index (κ3) is 5.52. The number of piperazine rings is 1. The number of anilines is 1. The van der Waals surface area contributed by atoms with Crippen molar-refractivity contribution in [2.45, 2.75) is 19.9 Å². The standard InChI is InChI=1S/C22H24ClFN4O3/c1-14(2)25-22(31)26-19-6-4-3-5-17(19)21(30)28-11-9-27(10-12-28)20(29)16-8-7-15(24)13-18(16)23/h3-8,13-14H,9-12H2,1-2H3,(H2,25,26,31). The van der Waals surface area contributed by atoms with Gasteiger partial charge in [0, 0.05) is 32.2 Å². The second-order valence-corrected chi connectivity index (χ2v) is 7.91. The van der Waals surface area contributed by atoms with E-state index in [0.29, 0.717) is 37.4 Å². The molecule has 9 heteroatoms. The molecule has 164 valence electrons. The molecule has 0 spiro atoms. The first kappa shape index (κ1) is 22.6. The number of carbonyl (C=O) groups excluding carboxylic acids is 3. The van der Waals surface area contributed by atoms with Crippen LogP contribution in [0.2, 0.25) is 5.02 Å². The van der Waals surface area contributed by atoms with Crippen LogP contribution in [0.5, 0.6) is 0 Å². The Bertz CT molecular complexity index is 990. The number of halogens is 2. The van der Waals surface area contributed by atoms with E-state index >= 15 is 0 Å². The zero-order chi connectivity index (χ0) is 22.5. The molecule has 2 aromatic carbocycles. The molecular formula is C22H24ClFN4O3. The molecule has 1 saturated heterocycles. The average molecular weight is 447 g/mol. The van der Waals surface area contributed by atoms with Gasteiger partial charge in [0.25, 0.3) is 11.8 Å². The summed E-state index contributed by atoms with van der Waals surface area (Å²) in [4.78, 5) is 41.0. The Labute approximate surface area is 185 Å². The fourth-order valence-corrected chi connectivity index (χ4v) is 3.56. The van der Waals surface area contributed by atoms with Gasteiger partial charge in [-0.05, 0) is 44.2 Å². The number of para-hydroxylation sites is 1. The molecule has 7 nitrogen and oxygen atoms in total. The number of nitrogens with zero attached hydrogens (tertiary/aromatic N) is 2. The Morgan fingerprint density at radius 2 is 1.52 bits per heavy atom. The largest absolute Gasteiger partial charge is 0.336 e. The van der Waals surface area contributed by atoms with E-state index in [2.05, 4.69) is 10.6 Å². The van der Waals surface area contributed by atoms with Crippen molar-refractivity contribution in [1.29, 1.82) is 0 Å². The monoisotopic (exact) mass is 446 g/mol.